The van der Waals surface area contributed by atoms with Gasteiger partial charge in [0.2, 0.25) is 0 Å². The van der Waals surface area contributed by atoms with Crippen LogP contribution >= 0.6 is 0 Å². The van der Waals surface area contributed by atoms with Gasteiger partial charge in [0.05, 0.1) is 21.1 Å². The Bertz CT molecular complexity index is 779. The molecular weight excluding hydrogens is 294 g/mol. The molecule has 0 amide bonds. The standard InChI is InChI=1S/C18H21NO2S/c1-19-22(21,17-9-3-2-4-10-17)14-18(20)12-11-15-7-5-6-8-16(15)13-18/h2-10,20H,11-14H2,1H3. The van der Waals surface area contributed by atoms with Gasteiger partial charge in [-0.25, -0.2) is 8.57 Å². The topological polar surface area (TPSA) is 49.7 Å². The Kier molecular flexibility index (Phi) is 4.06. The molecule has 116 valence electrons. The van der Waals surface area contributed by atoms with Crippen LogP contribution in [0.2, 0.25) is 0 Å². The zero-order chi connectivity index (χ0) is 15.6. The lowest BCUT2D eigenvalue weighted by molar-refractivity contribution is 0.0497. The number of aliphatic hydroxyl groups is 1. The van der Waals surface area contributed by atoms with Crippen LogP contribution in [0, 0.1) is 0 Å². The summed E-state index contributed by atoms with van der Waals surface area (Å²) in [4.78, 5) is 0.699. The van der Waals surface area contributed by atoms with Gasteiger partial charge in [0.25, 0.3) is 0 Å². The SMILES string of the molecule is CN=S(=O)(CC1(O)CCc2ccccc2C1)c1ccccc1. The zero-order valence-corrected chi connectivity index (χ0v) is 13.6. The van der Waals surface area contributed by atoms with Crippen LogP contribution in [-0.2, 0) is 22.6 Å². The van der Waals surface area contributed by atoms with Crippen molar-refractivity contribution in [1.82, 2.24) is 0 Å². The minimum atomic E-state index is -2.59. The second kappa shape index (κ2) is 5.86. The van der Waals surface area contributed by atoms with Crippen molar-refractivity contribution in [2.75, 3.05) is 12.8 Å². The molecule has 0 aliphatic heterocycles. The van der Waals surface area contributed by atoms with E-state index in [1.165, 1.54) is 5.56 Å². The van der Waals surface area contributed by atoms with Gasteiger partial charge in [-0.3, -0.25) is 0 Å². The summed E-state index contributed by atoms with van der Waals surface area (Å²) in [5.74, 6) is 0.189. The molecule has 0 bridgehead atoms. The van der Waals surface area contributed by atoms with Crippen LogP contribution in [0.4, 0.5) is 0 Å². The fourth-order valence-electron chi connectivity index (χ4n) is 3.16. The Morgan fingerprint density at radius 2 is 1.73 bits per heavy atom. The molecule has 0 heterocycles. The lowest BCUT2D eigenvalue weighted by Crippen LogP contribution is -2.42. The molecule has 0 saturated heterocycles. The number of nitrogens with zero attached hydrogens (tertiary/aromatic N) is 1. The largest absolute Gasteiger partial charge is 0.389 e. The van der Waals surface area contributed by atoms with E-state index in [0.29, 0.717) is 17.7 Å². The molecule has 1 N–H and O–H groups in total. The Hall–Kier alpha value is -1.65. The Morgan fingerprint density at radius 1 is 1.09 bits per heavy atom. The third-order valence-corrected chi connectivity index (χ3v) is 6.90. The van der Waals surface area contributed by atoms with E-state index in [1.807, 2.05) is 48.5 Å². The number of benzene rings is 2. The first kappa shape index (κ1) is 15.3. The summed E-state index contributed by atoms with van der Waals surface area (Å²) in [6.07, 6.45) is 1.99. The van der Waals surface area contributed by atoms with Crippen molar-refractivity contribution in [3.05, 3.63) is 65.7 Å². The lowest BCUT2D eigenvalue weighted by Gasteiger charge is -2.34. The van der Waals surface area contributed by atoms with Crippen LogP contribution in [0.25, 0.3) is 0 Å². The summed E-state index contributed by atoms with van der Waals surface area (Å²) < 4.78 is 17.4. The van der Waals surface area contributed by atoms with Crippen LogP contribution in [0.15, 0.2) is 63.9 Å². The molecule has 2 aromatic carbocycles. The summed E-state index contributed by atoms with van der Waals surface area (Å²) in [5, 5.41) is 11.0. The third-order valence-electron chi connectivity index (χ3n) is 4.37. The van der Waals surface area contributed by atoms with E-state index in [9.17, 15) is 9.32 Å². The highest BCUT2D eigenvalue weighted by Crippen LogP contribution is 2.31. The Balaban J connectivity index is 1.91. The van der Waals surface area contributed by atoms with Gasteiger partial charge in [0.15, 0.2) is 0 Å². The average molecular weight is 315 g/mol. The number of hydrogen-bond donors (Lipinski definition) is 1. The van der Waals surface area contributed by atoms with Crippen LogP contribution in [0.1, 0.15) is 17.5 Å². The first-order valence-electron chi connectivity index (χ1n) is 7.52. The number of aryl methyl sites for hydroxylation is 1. The molecule has 2 aromatic rings. The van der Waals surface area contributed by atoms with Crippen molar-refractivity contribution in [2.24, 2.45) is 4.36 Å². The van der Waals surface area contributed by atoms with Crippen molar-refractivity contribution >= 4 is 9.73 Å². The molecule has 0 aromatic heterocycles. The molecule has 4 heteroatoms. The molecule has 1 aliphatic carbocycles. The second-order valence-corrected chi connectivity index (χ2v) is 8.36. The van der Waals surface area contributed by atoms with E-state index < -0.39 is 15.3 Å². The van der Waals surface area contributed by atoms with Crippen LogP contribution in [0.5, 0.6) is 0 Å². The van der Waals surface area contributed by atoms with Gasteiger partial charge in [-0.05, 0) is 36.1 Å². The van der Waals surface area contributed by atoms with Crippen LogP contribution in [-0.4, -0.2) is 27.7 Å². The minimum Gasteiger partial charge on any atom is -0.389 e. The quantitative estimate of drug-likeness (QED) is 0.946. The number of hydrogen-bond acceptors (Lipinski definition) is 3. The van der Waals surface area contributed by atoms with Gasteiger partial charge in [0, 0.05) is 18.4 Å². The van der Waals surface area contributed by atoms with Gasteiger partial charge in [0.1, 0.15) is 0 Å². The Morgan fingerprint density at radius 3 is 2.41 bits per heavy atom. The number of fused-ring (bicyclic) bond motifs is 1. The van der Waals surface area contributed by atoms with Crippen molar-refractivity contribution < 1.29 is 9.32 Å². The summed E-state index contributed by atoms with van der Waals surface area (Å²) in [5.41, 5.74) is 1.48. The van der Waals surface area contributed by atoms with E-state index in [0.717, 1.165) is 12.0 Å². The van der Waals surface area contributed by atoms with Gasteiger partial charge in [-0.1, -0.05) is 42.5 Å². The fourth-order valence-corrected chi connectivity index (χ4v) is 5.22. The van der Waals surface area contributed by atoms with Crippen molar-refractivity contribution in [2.45, 2.75) is 29.8 Å². The first-order valence-corrected chi connectivity index (χ1v) is 9.20. The fraction of sp³-hybridized carbons (Fsp3) is 0.333. The van der Waals surface area contributed by atoms with Crippen molar-refractivity contribution in [1.29, 1.82) is 0 Å². The van der Waals surface area contributed by atoms with E-state index in [-0.39, 0.29) is 5.75 Å². The van der Waals surface area contributed by atoms with Gasteiger partial charge < -0.3 is 5.11 Å². The lowest BCUT2D eigenvalue weighted by atomic mass is 9.82. The third kappa shape index (κ3) is 2.94. The predicted octanol–water partition coefficient (Wildman–Crippen LogP) is 3.06. The molecule has 3 nitrogen and oxygen atoms in total. The monoisotopic (exact) mass is 315 g/mol. The maximum absolute atomic E-state index is 13.2. The predicted molar refractivity (Wildman–Crippen MR) is 89.5 cm³/mol. The second-order valence-electron chi connectivity index (χ2n) is 5.95. The van der Waals surface area contributed by atoms with Gasteiger partial charge >= 0.3 is 0 Å². The van der Waals surface area contributed by atoms with E-state index in [2.05, 4.69) is 10.4 Å². The van der Waals surface area contributed by atoms with Crippen molar-refractivity contribution in [3.63, 3.8) is 0 Å². The molecule has 0 spiro atoms. The smallest absolute Gasteiger partial charge is 0.0818 e. The summed E-state index contributed by atoms with van der Waals surface area (Å²) in [6.45, 7) is 0. The number of rotatable bonds is 3. The highest BCUT2D eigenvalue weighted by molar-refractivity contribution is 7.93. The van der Waals surface area contributed by atoms with E-state index in [4.69, 9.17) is 0 Å². The molecular formula is C18H21NO2S. The average Bonchev–Trinajstić information content (AvgIpc) is 2.55. The maximum atomic E-state index is 13.2. The molecule has 22 heavy (non-hydrogen) atoms. The Labute approximate surface area is 132 Å². The van der Waals surface area contributed by atoms with Crippen molar-refractivity contribution in [3.8, 4) is 0 Å². The minimum absolute atomic E-state index is 0.189. The zero-order valence-electron chi connectivity index (χ0n) is 12.7. The van der Waals surface area contributed by atoms with Crippen LogP contribution in [0.3, 0.4) is 0 Å². The first-order chi connectivity index (χ1) is 10.5. The molecule has 0 radical (unpaired) electrons. The summed E-state index contributed by atoms with van der Waals surface area (Å²) in [6, 6.07) is 17.4. The van der Waals surface area contributed by atoms with Gasteiger partial charge in [-0.2, -0.15) is 0 Å². The summed E-state index contributed by atoms with van der Waals surface area (Å²) >= 11 is 0. The molecule has 1 aliphatic rings. The normalized spacial score (nSPS) is 23.4. The molecule has 3 rings (SSSR count). The molecule has 0 saturated carbocycles. The van der Waals surface area contributed by atoms with Crippen LogP contribution < -0.4 is 0 Å². The van der Waals surface area contributed by atoms with E-state index >= 15 is 0 Å². The molecule has 2 atom stereocenters. The maximum Gasteiger partial charge on any atom is 0.0818 e. The highest BCUT2D eigenvalue weighted by Gasteiger charge is 2.36. The highest BCUT2D eigenvalue weighted by atomic mass is 32.2. The van der Waals surface area contributed by atoms with E-state index in [1.54, 1.807) is 7.05 Å². The molecule has 2 unspecified atom stereocenters. The van der Waals surface area contributed by atoms with Gasteiger partial charge in [-0.15, -0.1) is 0 Å². The molecule has 0 fully saturated rings. The summed E-state index contributed by atoms with van der Waals surface area (Å²) in [7, 11) is -1.01.